The topological polar surface area (TPSA) is 92.4 Å². The summed E-state index contributed by atoms with van der Waals surface area (Å²) in [7, 11) is 1.83. The van der Waals surface area contributed by atoms with Crippen LogP contribution in [0.5, 0.6) is 5.75 Å². The highest BCUT2D eigenvalue weighted by molar-refractivity contribution is 7.99. The monoisotopic (exact) mass is 451 g/mol. The van der Waals surface area contributed by atoms with E-state index >= 15 is 0 Å². The first kappa shape index (κ1) is 20.9. The lowest BCUT2D eigenvalue weighted by Crippen LogP contribution is -2.20. The SMILES string of the molecule is Cn1c(SCC(=O)NN=Cc2c(O)ccc3ccccc23)nnc1-c1cccc(Cl)c1. The Bertz CT molecular complexity index is 1290. The summed E-state index contributed by atoms with van der Waals surface area (Å²) in [5, 5.41) is 25.5. The van der Waals surface area contributed by atoms with E-state index in [1.54, 1.807) is 16.7 Å². The molecule has 0 unspecified atom stereocenters. The zero-order valence-electron chi connectivity index (χ0n) is 16.5. The van der Waals surface area contributed by atoms with Gasteiger partial charge in [-0.3, -0.25) is 4.79 Å². The van der Waals surface area contributed by atoms with Crippen LogP contribution < -0.4 is 5.43 Å². The fourth-order valence-corrected chi connectivity index (χ4v) is 3.96. The van der Waals surface area contributed by atoms with Crippen LogP contribution in [0.3, 0.4) is 0 Å². The predicted octanol–water partition coefficient (Wildman–Crippen LogP) is 4.24. The molecule has 0 spiro atoms. The summed E-state index contributed by atoms with van der Waals surface area (Å²) in [4.78, 5) is 12.2. The van der Waals surface area contributed by atoms with Gasteiger partial charge in [-0.05, 0) is 29.0 Å². The normalized spacial score (nSPS) is 11.3. The molecule has 1 amide bonds. The lowest BCUT2D eigenvalue weighted by atomic mass is 10.0. The fraction of sp³-hybridized carbons (Fsp3) is 0.0909. The molecule has 0 radical (unpaired) electrons. The number of carbonyl (C=O) groups is 1. The summed E-state index contributed by atoms with van der Waals surface area (Å²) in [6, 6.07) is 18.4. The number of hydrogen-bond acceptors (Lipinski definition) is 6. The van der Waals surface area contributed by atoms with Crippen molar-refractivity contribution in [3.05, 3.63) is 71.2 Å². The Morgan fingerprint density at radius 1 is 1.19 bits per heavy atom. The number of phenolic OH excluding ortho intramolecular Hbond substituents is 1. The molecule has 1 heterocycles. The number of amides is 1. The van der Waals surface area contributed by atoms with Gasteiger partial charge in [0.1, 0.15) is 5.75 Å². The molecule has 7 nitrogen and oxygen atoms in total. The molecule has 0 atom stereocenters. The average Bonchev–Trinajstić information content (AvgIpc) is 3.14. The van der Waals surface area contributed by atoms with E-state index < -0.39 is 0 Å². The van der Waals surface area contributed by atoms with Crippen molar-refractivity contribution >= 4 is 46.3 Å². The molecule has 0 aliphatic rings. The van der Waals surface area contributed by atoms with E-state index in [9.17, 15) is 9.90 Å². The molecule has 156 valence electrons. The van der Waals surface area contributed by atoms with Gasteiger partial charge in [0, 0.05) is 23.2 Å². The lowest BCUT2D eigenvalue weighted by molar-refractivity contribution is -0.118. The first-order chi connectivity index (χ1) is 15.0. The highest BCUT2D eigenvalue weighted by Crippen LogP contribution is 2.26. The Labute approximate surface area is 187 Å². The van der Waals surface area contributed by atoms with Crippen LogP contribution in [-0.2, 0) is 11.8 Å². The minimum atomic E-state index is -0.298. The first-order valence-electron chi connectivity index (χ1n) is 9.33. The zero-order valence-corrected chi connectivity index (χ0v) is 18.1. The first-order valence-corrected chi connectivity index (χ1v) is 10.7. The highest BCUT2D eigenvalue weighted by Gasteiger charge is 2.13. The van der Waals surface area contributed by atoms with Gasteiger partial charge in [-0.2, -0.15) is 5.10 Å². The molecule has 3 aromatic carbocycles. The summed E-state index contributed by atoms with van der Waals surface area (Å²) in [5.41, 5.74) is 3.87. The van der Waals surface area contributed by atoms with Gasteiger partial charge in [0.2, 0.25) is 0 Å². The Balaban J connectivity index is 1.39. The van der Waals surface area contributed by atoms with Crippen LogP contribution in [0.2, 0.25) is 5.02 Å². The number of fused-ring (bicyclic) bond motifs is 1. The van der Waals surface area contributed by atoms with E-state index in [1.807, 2.05) is 55.6 Å². The second-order valence-corrected chi connectivity index (χ2v) is 8.06. The molecule has 0 aliphatic heterocycles. The van der Waals surface area contributed by atoms with Gasteiger partial charge in [-0.1, -0.05) is 65.8 Å². The number of carbonyl (C=O) groups excluding carboxylic acids is 1. The van der Waals surface area contributed by atoms with Gasteiger partial charge in [-0.15, -0.1) is 10.2 Å². The molecule has 0 bridgehead atoms. The number of aromatic nitrogens is 3. The van der Waals surface area contributed by atoms with Crippen LogP contribution >= 0.6 is 23.4 Å². The van der Waals surface area contributed by atoms with Crippen LogP contribution in [0.15, 0.2) is 70.9 Å². The molecule has 2 N–H and O–H groups in total. The molecule has 4 rings (SSSR count). The average molecular weight is 452 g/mol. The van der Waals surface area contributed by atoms with Crippen molar-refractivity contribution in [2.24, 2.45) is 12.1 Å². The van der Waals surface area contributed by atoms with Crippen LogP contribution in [-0.4, -0.2) is 37.7 Å². The van der Waals surface area contributed by atoms with Crippen molar-refractivity contribution in [3.8, 4) is 17.1 Å². The van der Waals surface area contributed by atoms with Gasteiger partial charge >= 0.3 is 0 Å². The number of halogens is 1. The number of benzene rings is 3. The number of nitrogens with one attached hydrogen (secondary N) is 1. The van der Waals surface area contributed by atoms with Crippen molar-refractivity contribution in [2.75, 3.05) is 5.75 Å². The summed E-state index contributed by atoms with van der Waals surface area (Å²) in [6.07, 6.45) is 1.44. The van der Waals surface area contributed by atoms with E-state index in [0.717, 1.165) is 16.3 Å². The Morgan fingerprint density at radius 2 is 2.03 bits per heavy atom. The number of nitrogens with zero attached hydrogens (tertiary/aromatic N) is 4. The predicted molar refractivity (Wildman–Crippen MR) is 124 cm³/mol. The summed E-state index contributed by atoms with van der Waals surface area (Å²) in [6.45, 7) is 0. The number of rotatable bonds is 6. The molecule has 0 fully saturated rings. The van der Waals surface area contributed by atoms with Crippen LogP contribution in [0.4, 0.5) is 0 Å². The van der Waals surface area contributed by atoms with Gasteiger partial charge in [0.15, 0.2) is 11.0 Å². The van der Waals surface area contributed by atoms with Crippen molar-refractivity contribution in [1.29, 1.82) is 0 Å². The van der Waals surface area contributed by atoms with Crippen LogP contribution in [0.25, 0.3) is 22.2 Å². The van der Waals surface area contributed by atoms with Gasteiger partial charge in [-0.25, -0.2) is 5.43 Å². The third kappa shape index (κ3) is 4.70. The molecule has 4 aromatic rings. The number of aromatic hydroxyl groups is 1. The number of phenols is 1. The lowest BCUT2D eigenvalue weighted by Gasteiger charge is -2.05. The van der Waals surface area contributed by atoms with E-state index in [4.69, 9.17) is 11.6 Å². The Morgan fingerprint density at radius 3 is 2.87 bits per heavy atom. The number of hydrazone groups is 1. The summed E-state index contributed by atoms with van der Waals surface area (Å²) >= 11 is 7.29. The van der Waals surface area contributed by atoms with Crippen molar-refractivity contribution in [3.63, 3.8) is 0 Å². The minimum absolute atomic E-state index is 0.0960. The quantitative estimate of drug-likeness (QED) is 0.260. The summed E-state index contributed by atoms with van der Waals surface area (Å²) < 4.78 is 1.81. The maximum atomic E-state index is 12.2. The van der Waals surface area contributed by atoms with E-state index in [0.29, 0.717) is 21.6 Å². The molecular formula is C22H18ClN5O2S. The molecule has 9 heteroatoms. The third-order valence-electron chi connectivity index (χ3n) is 4.58. The van der Waals surface area contributed by atoms with Crippen LogP contribution in [0, 0.1) is 0 Å². The molecule has 31 heavy (non-hydrogen) atoms. The molecule has 0 saturated carbocycles. The Kier molecular flexibility index (Phi) is 6.20. The molecule has 0 saturated heterocycles. The van der Waals surface area contributed by atoms with E-state index in [-0.39, 0.29) is 17.4 Å². The van der Waals surface area contributed by atoms with Crippen molar-refractivity contribution < 1.29 is 9.90 Å². The smallest absolute Gasteiger partial charge is 0.250 e. The van der Waals surface area contributed by atoms with Crippen molar-refractivity contribution in [2.45, 2.75) is 5.16 Å². The van der Waals surface area contributed by atoms with Gasteiger partial charge in [0.05, 0.1) is 12.0 Å². The van der Waals surface area contributed by atoms with Gasteiger partial charge in [0.25, 0.3) is 5.91 Å². The maximum Gasteiger partial charge on any atom is 0.250 e. The molecular weight excluding hydrogens is 434 g/mol. The largest absolute Gasteiger partial charge is 0.507 e. The van der Waals surface area contributed by atoms with E-state index in [2.05, 4.69) is 20.7 Å². The third-order valence-corrected chi connectivity index (χ3v) is 5.84. The standard InChI is InChI=1S/C22H18ClN5O2S/c1-28-21(15-6-4-7-16(23)11-15)26-27-22(28)31-13-20(30)25-24-12-18-17-8-3-2-5-14(17)9-10-19(18)29/h2-12,29H,13H2,1H3,(H,25,30). The maximum absolute atomic E-state index is 12.2. The minimum Gasteiger partial charge on any atom is -0.507 e. The van der Waals surface area contributed by atoms with Crippen LogP contribution in [0.1, 0.15) is 5.56 Å². The summed E-state index contributed by atoms with van der Waals surface area (Å²) in [5.74, 6) is 0.572. The highest BCUT2D eigenvalue weighted by atomic mass is 35.5. The van der Waals surface area contributed by atoms with Crippen molar-refractivity contribution in [1.82, 2.24) is 20.2 Å². The number of hydrogen-bond donors (Lipinski definition) is 2. The van der Waals surface area contributed by atoms with Gasteiger partial charge < -0.3 is 9.67 Å². The zero-order chi connectivity index (χ0) is 21.8. The second-order valence-electron chi connectivity index (χ2n) is 6.68. The Hall–Kier alpha value is -3.36. The molecule has 1 aromatic heterocycles. The fourth-order valence-electron chi connectivity index (χ4n) is 3.07. The second kappa shape index (κ2) is 9.20. The van der Waals surface area contributed by atoms with E-state index in [1.165, 1.54) is 18.0 Å². The number of thioether (sulfide) groups is 1. The molecule has 0 aliphatic carbocycles.